The summed E-state index contributed by atoms with van der Waals surface area (Å²) in [6, 6.07) is 15.2. The molecule has 5 rings (SSSR count). The summed E-state index contributed by atoms with van der Waals surface area (Å²) in [6.45, 7) is 2.22. The number of amides is 1. The highest BCUT2D eigenvalue weighted by Gasteiger charge is 2.36. The number of hydrogen-bond acceptors (Lipinski definition) is 2. The molecule has 0 spiro atoms. The van der Waals surface area contributed by atoms with Crippen LogP contribution >= 0.6 is 11.6 Å². The molecule has 2 aromatic carbocycles. The number of fused-ring (bicyclic) bond motifs is 3. The highest BCUT2D eigenvalue weighted by Crippen LogP contribution is 2.36. The van der Waals surface area contributed by atoms with E-state index < -0.39 is 0 Å². The SMILES string of the molecule is C#C.CC1Cc2c(cc(Cc3ccc(Cl)nc3)c3ccccc23)C(=O)N1C1CCCCC1. The van der Waals surface area contributed by atoms with Crippen LogP contribution in [0.1, 0.15) is 66.1 Å². The maximum absolute atomic E-state index is 13.7. The average molecular weight is 445 g/mol. The van der Waals surface area contributed by atoms with Crippen molar-refractivity contribution in [3.63, 3.8) is 0 Å². The molecule has 3 nitrogen and oxygen atoms in total. The maximum Gasteiger partial charge on any atom is 0.254 e. The van der Waals surface area contributed by atoms with Gasteiger partial charge in [0.05, 0.1) is 0 Å². The molecule has 32 heavy (non-hydrogen) atoms. The number of benzene rings is 2. The van der Waals surface area contributed by atoms with Crippen LogP contribution in [0.2, 0.25) is 5.15 Å². The number of aromatic nitrogens is 1. The van der Waals surface area contributed by atoms with Crippen LogP contribution in [0.4, 0.5) is 0 Å². The minimum absolute atomic E-state index is 0.219. The van der Waals surface area contributed by atoms with Gasteiger partial charge in [0.25, 0.3) is 5.91 Å². The van der Waals surface area contributed by atoms with Crippen LogP contribution in [0.15, 0.2) is 48.7 Å². The minimum atomic E-state index is 0.219. The van der Waals surface area contributed by atoms with Crippen molar-refractivity contribution in [2.24, 2.45) is 0 Å². The zero-order valence-corrected chi connectivity index (χ0v) is 19.3. The van der Waals surface area contributed by atoms with Crippen molar-refractivity contribution in [3.05, 3.63) is 76.1 Å². The molecular weight excluding hydrogens is 416 g/mol. The fraction of sp³-hybridized carbons (Fsp3) is 0.357. The van der Waals surface area contributed by atoms with E-state index in [0.717, 1.165) is 36.8 Å². The summed E-state index contributed by atoms with van der Waals surface area (Å²) in [5, 5.41) is 2.95. The average Bonchev–Trinajstić information content (AvgIpc) is 2.83. The van der Waals surface area contributed by atoms with Crippen molar-refractivity contribution in [1.82, 2.24) is 9.88 Å². The molecule has 1 aliphatic carbocycles. The largest absolute Gasteiger partial charge is 0.333 e. The Morgan fingerprint density at radius 3 is 2.47 bits per heavy atom. The van der Waals surface area contributed by atoms with E-state index in [1.54, 1.807) is 0 Å². The number of rotatable bonds is 3. The zero-order chi connectivity index (χ0) is 22.7. The van der Waals surface area contributed by atoms with Gasteiger partial charge in [-0.1, -0.05) is 61.2 Å². The summed E-state index contributed by atoms with van der Waals surface area (Å²) in [7, 11) is 0. The predicted octanol–water partition coefficient (Wildman–Crippen LogP) is 6.45. The van der Waals surface area contributed by atoms with Gasteiger partial charge in [-0.15, -0.1) is 12.8 Å². The third kappa shape index (κ3) is 4.25. The Morgan fingerprint density at radius 1 is 1.06 bits per heavy atom. The first-order valence-electron chi connectivity index (χ1n) is 11.4. The van der Waals surface area contributed by atoms with Crippen LogP contribution in [-0.2, 0) is 12.8 Å². The minimum Gasteiger partial charge on any atom is -0.333 e. The zero-order valence-electron chi connectivity index (χ0n) is 18.6. The van der Waals surface area contributed by atoms with Gasteiger partial charge in [-0.25, -0.2) is 4.98 Å². The van der Waals surface area contributed by atoms with Crippen LogP contribution < -0.4 is 0 Å². The van der Waals surface area contributed by atoms with E-state index in [2.05, 4.69) is 60.0 Å². The summed E-state index contributed by atoms with van der Waals surface area (Å²) in [5.41, 5.74) is 4.40. The lowest BCUT2D eigenvalue weighted by Gasteiger charge is -2.42. The molecule has 164 valence electrons. The van der Waals surface area contributed by atoms with Crippen molar-refractivity contribution < 1.29 is 4.79 Å². The standard InChI is InChI=1S/C26H27ClN2O.C2H2/c1-17-13-23-22-10-6-5-9-21(22)19(14-18-11-12-25(27)28-16-18)15-24(23)26(30)29(17)20-7-3-2-4-8-20;1-2/h5-6,9-12,15-17,20H,2-4,7-8,13-14H2,1H3;1-2H. The fourth-order valence-electron chi connectivity index (χ4n) is 5.42. The highest BCUT2D eigenvalue weighted by atomic mass is 35.5. The van der Waals surface area contributed by atoms with Gasteiger partial charge in [0.1, 0.15) is 5.15 Å². The highest BCUT2D eigenvalue weighted by molar-refractivity contribution is 6.29. The molecule has 1 amide bonds. The van der Waals surface area contributed by atoms with Crippen LogP contribution in [-0.4, -0.2) is 27.9 Å². The molecule has 4 heteroatoms. The second kappa shape index (κ2) is 9.76. The molecule has 0 saturated heterocycles. The number of carbonyl (C=O) groups is 1. The molecule has 1 unspecified atom stereocenters. The van der Waals surface area contributed by atoms with Crippen LogP contribution in [0.3, 0.4) is 0 Å². The number of halogens is 1. The quantitative estimate of drug-likeness (QED) is 0.343. The van der Waals surface area contributed by atoms with Crippen LogP contribution in [0.5, 0.6) is 0 Å². The molecular formula is C28H29ClN2O. The van der Waals surface area contributed by atoms with Crippen molar-refractivity contribution in [1.29, 1.82) is 0 Å². The molecule has 1 atom stereocenters. The van der Waals surface area contributed by atoms with Gasteiger partial charge in [0.2, 0.25) is 0 Å². The predicted molar refractivity (Wildman–Crippen MR) is 132 cm³/mol. The Bertz CT molecular complexity index is 1130. The second-order valence-electron chi connectivity index (χ2n) is 8.83. The molecule has 0 N–H and O–H groups in total. The van der Waals surface area contributed by atoms with Crippen LogP contribution in [0, 0.1) is 12.8 Å². The summed E-state index contributed by atoms with van der Waals surface area (Å²) in [5.74, 6) is 0.219. The lowest BCUT2D eigenvalue weighted by Crippen LogP contribution is -2.50. The molecule has 2 heterocycles. The summed E-state index contributed by atoms with van der Waals surface area (Å²) < 4.78 is 0. The van der Waals surface area contributed by atoms with Crippen molar-refractivity contribution in [3.8, 4) is 12.8 Å². The number of nitrogens with zero attached hydrogens (tertiary/aromatic N) is 2. The molecule has 1 fully saturated rings. The first kappa shape index (κ1) is 22.4. The van der Waals surface area contributed by atoms with Crippen molar-refractivity contribution in [2.75, 3.05) is 0 Å². The van der Waals surface area contributed by atoms with Gasteiger partial charge in [0.15, 0.2) is 0 Å². The number of pyridine rings is 1. The lowest BCUT2D eigenvalue weighted by molar-refractivity contribution is 0.0504. The molecule has 2 aliphatic rings. The number of carbonyl (C=O) groups excluding carboxylic acids is 1. The van der Waals surface area contributed by atoms with E-state index in [9.17, 15) is 4.79 Å². The molecule has 1 aliphatic heterocycles. The third-order valence-corrected chi connectivity index (χ3v) is 7.06. The normalized spacial score (nSPS) is 18.7. The Kier molecular flexibility index (Phi) is 6.82. The molecule has 3 aromatic rings. The number of hydrogen-bond donors (Lipinski definition) is 0. The lowest BCUT2D eigenvalue weighted by atomic mass is 9.83. The molecule has 0 radical (unpaired) electrons. The van der Waals surface area contributed by atoms with E-state index >= 15 is 0 Å². The van der Waals surface area contributed by atoms with E-state index in [1.807, 2.05) is 18.3 Å². The third-order valence-electron chi connectivity index (χ3n) is 6.83. The van der Waals surface area contributed by atoms with Crippen LogP contribution in [0.25, 0.3) is 10.8 Å². The van der Waals surface area contributed by atoms with Gasteiger partial charge in [0, 0.05) is 23.8 Å². The van der Waals surface area contributed by atoms with Crippen molar-refractivity contribution >= 4 is 28.3 Å². The van der Waals surface area contributed by atoms with E-state index in [1.165, 1.54) is 41.2 Å². The van der Waals surface area contributed by atoms with Gasteiger partial charge < -0.3 is 4.90 Å². The molecule has 1 aromatic heterocycles. The van der Waals surface area contributed by atoms with Gasteiger partial charge >= 0.3 is 0 Å². The van der Waals surface area contributed by atoms with Crippen molar-refractivity contribution in [2.45, 2.75) is 64.0 Å². The van der Waals surface area contributed by atoms with E-state index in [4.69, 9.17) is 11.6 Å². The smallest absolute Gasteiger partial charge is 0.254 e. The number of terminal acetylenes is 1. The Hall–Kier alpha value is -2.83. The topological polar surface area (TPSA) is 33.2 Å². The van der Waals surface area contributed by atoms with Gasteiger partial charge in [-0.2, -0.15) is 0 Å². The second-order valence-corrected chi connectivity index (χ2v) is 9.22. The van der Waals surface area contributed by atoms with Gasteiger partial charge in [-0.05, 0) is 72.2 Å². The maximum atomic E-state index is 13.7. The summed E-state index contributed by atoms with van der Waals surface area (Å²) in [4.78, 5) is 20.1. The summed E-state index contributed by atoms with van der Waals surface area (Å²) in [6.07, 6.45) is 17.6. The fourth-order valence-corrected chi connectivity index (χ4v) is 5.53. The van der Waals surface area contributed by atoms with E-state index in [-0.39, 0.29) is 11.9 Å². The van der Waals surface area contributed by atoms with Gasteiger partial charge in [-0.3, -0.25) is 4.79 Å². The monoisotopic (exact) mass is 444 g/mol. The summed E-state index contributed by atoms with van der Waals surface area (Å²) >= 11 is 5.97. The Balaban J connectivity index is 0.00000119. The Labute approximate surface area is 195 Å². The molecule has 1 saturated carbocycles. The first-order valence-corrected chi connectivity index (χ1v) is 11.8. The first-order chi connectivity index (χ1) is 15.6. The van der Waals surface area contributed by atoms with E-state index in [0.29, 0.717) is 11.2 Å². The molecule has 0 bridgehead atoms. The Morgan fingerprint density at radius 2 is 1.78 bits per heavy atom.